The molecule has 3 heterocycles. The first kappa shape index (κ1) is 17.8. The molecule has 1 aliphatic rings. The molecule has 0 radical (unpaired) electrons. The van der Waals surface area contributed by atoms with Crippen molar-refractivity contribution in [2.24, 2.45) is 5.92 Å². The van der Waals surface area contributed by atoms with Gasteiger partial charge in [0.05, 0.1) is 6.20 Å². The Kier molecular flexibility index (Phi) is 6.02. The van der Waals surface area contributed by atoms with Crippen molar-refractivity contribution in [2.75, 3.05) is 13.1 Å². The van der Waals surface area contributed by atoms with Crippen molar-refractivity contribution in [3.05, 3.63) is 41.7 Å². The Bertz CT molecular complexity index is 618. The zero-order chi connectivity index (χ0) is 15.5. The molecule has 0 spiro atoms. The van der Waals surface area contributed by atoms with Crippen LogP contribution < -0.4 is 0 Å². The number of furan rings is 1. The molecule has 6 heteroatoms. The van der Waals surface area contributed by atoms with E-state index in [2.05, 4.69) is 10.1 Å². The number of hydrogen-bond donors (Lipinski definition) is 0. The summed E-state index contributed by atoms with van der Waals surface area (Å²) in [6.45, 7) is 6.00. The van der Waals surface area contributed by atoms with Crippen LogP contribution in [0.1, 0.15) is 41.8 Å². The summed E-state index contributed by atoms with van der Waals surface area (Å²) in [5.74, 6) is 2.04. The smallest absolute Gasteiger partial charge is 0.205 e. The molecule has 0 N–H and O–H groups in total. The van der Waals surface area contributed by atoms with Crippen LogP contribution in [-0.2, 0) is 6.42 Å². The van der Waals surface area contributed by atoms with Gasteiger partial charge in [-0.15, -0.1) is 12.4 Å². The minimum Gasteiger partial charge on any atom is -0.466 e. The van der Waals surface area contributed by atoms with Gasteiger partial charge in [-0.05, 0) is 45.0 Å². The number of hydrogen-bond acceptors (Lipinski definition) is 5. The SMILES string of the molecule is Cc1ccc(CC(C(C)C(=O)c2ccno2)N2CCCC2)o1.Cl. The third-order valence-corrected chi connectivity index (χ3v) is 4.49. The fraction of sp³-hybridized carbons (Fsp3) is 0.529. The summed E-state index contributed by atoms with van der Waals surface area (Å²) < 4.78 is 10.8. The summed E-state index contributed by atoms with van der Waals surface area (Å²) in [7, 11) is 0. The third-order valence-electron chi connectivity index (χ3n) is 4.49. The summed E-state index contributed by atoms with van der Waals surface area (Å²) in [6.07, 6.45) is 4.64. The lowest BCUT2D eigenvalue weighted by Gasteiger charge is -2.30. The Hall–Kier alpha value is -1.59. The van der Waals surface area contributed by atoms with E-state index >= 15 is 0 Å². The Morgan fingerprint density at radius 2 is 2.04 bits per heavy atom. The van der Waals surface area contributed by atoms with Crippen molar-refractivity contribution in [1.29, 1.82) is 0 Å². The van der Waals surface area contributed by atoms with Crippen LogP contribution in [0.15, 0.2) is 33.3 Å². The number of ketones is 1. The molecule has 1 aliphatic heterocycles. The van der Waals surface area contributed by atoms with Gasteiger partial charge in [-0.1, -0.05) is 12.1 Å². The van der Waals surface area contributed by atoms with Gasteiger partial charge in [0.2, 0.25) is 11.5 Å². The lowest BCUT2D eigenvalue weighted by Crippen LogP contribution is -2.42. The lowest BCUT2D eigenvalue weighted by atomic mass is 9.91. The minimum absolute atomic E-state index is 0. The number of rotatable bonds is 6. The summed E-state index contributed by atoms with van der Waals surface area (Å²) in [5.41, 5.74) is 0. The van der Waals surface area contributed by atoms with Crippen molar-refractivity contribution in [2.45, 2.75) is 39.2 Å². The van der Waals surface area contributed by atoms with E-state index < -0.39 is 0 Å². The van der Waals surface area contributed by atoms with Crippen LogP contribution in [0.2, 0.25) is 0 Å². The van der Waals surface area contributed by atoms with Crippen molar-refractivity contribution >= 4 is 18.2 Å². The van der Waals surface area contributed by atoms with Gasteiger partial charge in [-0.2, -0.15) is 0 Å². The van der Waals surface area contributed by atoms with Gasteiger partial charge in [0.15, 0.2) is 0 Å². The molecule has 2 aromatic rings. The largest absolute Gasteiger partial charge is 0.466 e. The molecule has 5 nitrogen and oxygen atoms in total. The predicted octanol–water partition coefficient (Wildman–Crippen LogP) is 3.52. The van der Waals surface area contributed by atoms with Crippen LogP contribution in [-0.4, -0.2) is 35.0 Å². The first-order valence-electron chi connectivity index (χ1n) is 7.89. The first-order valence-corrected chi connectivity index (χ1v) is 7.89. The Labute approximate surface area is 142 Å². The topological polar surface area (TPSA) is 59.5 Å². The van der Waals surface area contributed by atoms with Crippen LogP contribution >= 0.6 is 12.4 Å². The highest BCUT2D eigenvalue weighted by molar-refractivity contribution is 5.95. The number of aromatic nitrogens is 1. The standard InChI is InChI=1S/C17H22N2O3.ClH/c1-12-5-6-14(21-12)11-15(19-9-3-4-10-19)13(2)17(20)16-7-8-18-22-16;/h5-8,13,15H,3-4,9-11H2,1-2H3;1H. The molecular weight excluding hydrogens is 316 g/mol. The lowest BCUT2D eigenvalue weighted by molar-refractivity contribution is 0.0785. The number of likely N-dealkylation sites (tertiary alicyclic amines) is 1. The van der Waals surface area contributed by atoms with Crippen molar-refractivity contribution in [3.8, 4) is 0 Å². The van der Waals surface area contributed by atoms with Gasteiger partial charge >= 0.3 is 0 Å². The molecule has 1 saturated heterocycles. The molecule has 0 saturated carbocycles. The maximum Gasteiger partial charge on any atom is 0.205 e. The zero-order valence-electron chi connectivity index (χ0n) is 13.5. The number of carbonyl (C=O) groups excluding carboxylic acids is 1. The number of carbonyl (C=O) groups is 1. The van der Waals surface area contributed by atoms with Crippen LogP contribution in [0.25, 0.3) is 0 Å². The van der Waals surface area contributed by atoms with E-state index in [1.807, 2.05) is 26.0 Å². The average Bonchev–Trinajstić information content (AvgIpc) is 3.25. The van der Waals surface area contributed by atoms with E-state index in [1.54, 1.807) is 6.07 Å². The van der Waals surface area contributed by atoms with Crippen LogP contribution in [0.4, 0.5) is 0 Å². The van der Waals surface area contributed by atoms with E-state index in [0.717, 1.165) is 31.0 Å². The van der Waals surface area contributed by atoms with Gasteiger partial charge in [0, 0.05) is 24.4 Å². The van der Waals surface area contributed by atoms with Gasteiger partial charge in [0.25, 0.3) is 0 Å². The number of aryl methyl sites for hydroxylation is 1. The fourth-order valence-corrected chi connectivity index (χ4v) is 3.24. The van der Waals surface area contributed by atoms with E-state index in [1.165, 1.54) is 19.0 Å². The second kappa shape index (κ2) is 7.79. The second-order valence-electron chi connectivity index (χ2n) is 6.06. The highest BCUT2D eigenvalue weighted by atomic mass is 35.5. The van der Waals surface area contributed by atoms with Crippen molar-refractivity contribution < 1.29 is 13.7 Å². The molecule has 1 fully saturated rings. The van der Waals surface area contributed by atoms with Gasteiger partial charge in [-0.25, -0.2) is 0 Å². The summed E-state index contributed by atoms with van der Waals surface area (Å²) in [5, 5.41) is 3.64. The number of nitrogens with zero attached hydrogens (tertiary/aromatic N) is 2. The molecule has 2 unspecified atom stereocenters. The molecule has 0 aliphatic carbocycles. The van der Waals surface area contributed by atoms with Crippen molar-refractivity contribution in [3.63, 3.8) is 0 Å². The number of Topliss-reactive ketones (excluding diaryl/α,β-unsaturated/α-hetero) is 1. The Morgan fingerprint density at radius 1 is 1.30 bits per heavy atom. The molecule has 3 rings (SSSR count). The zero-order valence-corrected chi connectivity index (χ0v) is 14.3. The summed E-state index contributed by atoms with van der Waals surface area (Å²) in [4.78, 5) is 15.0. The van der Waals surface area contributed by atoms with Crippen LogP contribution in [0.3, 0.4) is 0 Å². The minimum atomic E-state index is -0.156. The van der Waals surface area contributed by atoms with Crippen LogP contribution in [0.5, 0.6) is 0 Å². The fourth-order valence-electron chi connectivity index (χ4n) is 3.24. The van der Waals surface area contributed by atoms with Gasteiger partial charge < -0.3 is 8.94 Å². The van der Waals surface area contributed by atoms with E-state index in [9.17, 15) is 4.79 Å². The monoisotopic (exact) mass is 338 g/mol. The highest BCUT2D eigenvalue weighted by Crippen LogP contribution is 2.25. The molecule has 0 amide bonds. The van der Waals surface area contributed by atoms with Gasteiger partial charge in [-0.3, -0.25) is 9.69 Å². The molecule has 23 heavy (non-hydrogen) atoms. The van der Waals surface area contributed by atoms with E-state index in [4.69, 9.17) is 8.94 Å². The van der Waals surface area contributed by atoms with E-state index in [0.29, 0.717) is 5.76 Å². The van der Waals surface area contributed by atoms with E-state index in [-0.39, 0.29) is 30.2 Å². The maximum absolute atomic E-state index is 12.6. The van der Waals surface area contributed by atoms with Gasteiger partial charge in [0.1, 0.15) is 11.5 Å². The molecule has 0 aromatic carbocycles. The molecule has 2 aromatic heterocycles. The van der Waals surface area contributed by atoms with Crippen LogP contribution in [0, 0.1) is 12.8 Å². The van der Waals surface area contributed by atoms with Crippen molar-refractivity contribution in [1.82, 2.24) is 10.1 Å². The molecule has 126 valence electrons. The molecular formula is C17H23ClN2O3. The maximum atomic E-state index is 12.6. The third kappa shape index (κ3) is 4.03. The summed E-state index contributed by atoms with van der Waals surface area (Å²) in [6, 6.07) is 5.74. The second-order valence-corrected chi connectivity index (χ2v) is 6.06. The Balaban J connectivity index is 0.00000192. The highest BCUT2D eigenvalue weighted by Gasteiger charge is 2.33. The number of halogens is 1. The molecule has 2 atom stereocenters. The Morgan fingerprint density at radius 3 is 2.61 bits per heavy atom. The predicted molar refractivity (Wildman–Crippen MR) is 89.0 cm³/mol. The molecule has 0 bridgehead atoms. The average molecular weight is 339 g/mol. The quantitative estimate of drug-likeness (QED) is 0.754. The normalized spacial score (nSPS) is 17.7. The summed E-state index contributed by atoms with van der Waals surface area (Å²) >= 11 is 0. The first-order chi connectivity index (χ1) is 10.6.